The third-order valence-electron chi connectivity index (χ3n) is 10.9. The Bertz CT molecular complexity index is 2520. The fourth-order valence-corrected chi connectivity index (χ4v) is 8.44. The van der Waals surface area contributed by atoms with Crippen molar-refractivity contribution in [3.8, 4) is 23.0 Å². The lowest BCUT2D eigenvalue weighted by atomic mass is 9.86. The highest BCUT2D eigenvalue weighted by atomic mass is 35.5. The molecule has 0 saturated heterocycles. The molecular weight excluding hydrogens is 772 g/mol. The van der Waals surface area contributed by atoms with Crippen LogP contribution in [0, 0.1) is 35.3 Å². The molecule has 0 radical (unpaired) electrons. The van der Waals surface area contributed by atoms with Crippen LogP contribution in [0.3, 0.4) is 0 Å². The lowest BCUT2D eigenvalue weighted by Crippen LogP contribution is -2.24. The Morgan fingerprint density at radius 3 is 2.40 bits per heavy atom. The smallest absolute Gasteiger partial charge is 0.293 e. The number of hydrogen-bond acceptors (Lipinski definition) is 6. The highest BCUT2D eigenvalue weighted by molar-refractivity contribution is 6.36. The maximum absolute atomic E-state index is 15.4. The second kappa shape index (κ2) is 14.1. The summed E-state index contributed by atoms with van der Waals surface area (Å²) in [5.41, 5.74) is -0.531. The zero-order valence-electron chi connectivity index (χ0n) is 31.0. The van der Waals surface area contributed by atoms with Crippen LogP contribution in [0.5, 0.6) is 0 Å². The van der Waals surface area contributed by atoms with E-state index in [1.165, 1.54) is 13.8 Å². The number of ketones is 2. The first-order valence-electron chi connectivity index (χ1n) is 18.6. The van der Waals surface area contributed by atoms with Crippen molar-refractivity contribution in [2.75, 3.05) is 0 Å². The van der Waals surface area contributed by atoms with Crippen molar-refractivity contribution < 1.29 is 41.0 Å². The summed E-state index contributed by atoms with van der Waals surface area (Å²) in [5, 5.41) is 19.7. The number of rotatable bonds is 12. The molecule has 0 aliphatic heterocycles. The molecule has 5 aromatic rings. The molecule has 57 heavy (non-hydrogen) atoms. The van der Waals surface area contributed by atoms with Gasteiger partial charge in [-0.3, -0.25) is 19.0 Å². The predicted molar refractivity (Wildman–Crippen MR) is 198 cm³/mol. The molecular formula is C42H36ClF6N5O3. The molecule has 0 unspecified atom stereocenters. The van der Waals surface area contributed by atoms with E-state index in [-0.39, 0.29) is 53.5 Å². The molecule has 1 N–H and O–H groups in total. The van der Waals surface area contributed by atoms with Crippen LogP contribution in [0.4, 0.5) is 26.3 Å². The highest BCUT2D eigenvalue weighted by Crippen LogP contribution is 2.68. The van der Waals surface area contributed by atoms with Gasteiger partial charge in [-0.05, 0) is 87.3 Å². The molecule has 296 valence electrons. The Morgan fingerprint density at radius 2 is 1.74 bits per heavy atom. The molecule has 0 amide bonds. The maximum Gasteiger partial charge on any atom is 0.293 e. The van der Waals surface area contributed by atoms with Gasteiger partial charge in [0.05, 0.1) is 28.3 Å². The van der Waals surface area contributed by atoms with Crippen LogP contribution in [0.2, 0.25) is 5.02 Å². The molecule has 2 aromatic carbocycles. The first-order chi connectivity index (χ1) is 26.9. The number of pyridine rings is 1. The van der Waals surface area contributed by atoms with Gasteiger partial charge in [0.1, 0.15) is 46.6 Å². The zero-order valence-corrected chi connectivity index (χ0v) is 31.8. The summed E-state index contributed by atoms with van der Waals surface area (Å²) < 4.78 is 90.5. The number of Topliss-reactive ketones (excluding diaryl/α,β-unsaturated/α-hetero) is 2. The van der Waals surface area contributed by atoms with Crippen molar-refractivity contribution in [3.05, 3.63) is 98.7 Å². The fraction of sp³-hybridized carbons (Fsp3) is 0.405. The molecule has 2 saturated carbocycles. The van der Waals surface area contributed by atoms with Gasteiger partial charge in [0.2, 0.25) is 0 Å². The molecule has 8 nitrogen and oxygen atoms in total. The number of aromatic nitrogens is 5. The van der Waals surface area contributed by atoms with Gasteiger partial charge < -0.3 is 5.11 Å². The van der Waals surface area contributed by atoms with E-state index in [4.69, 9.17) is 16.6 Å². The van der Waals surface area contributed by atoms with E-state index < -0.39 is 77.5 Å². The van der Waals surface area contributed by atoms with E-state index in [0.29, 0.717) is 43.5 Å². The third kappa shape index (κ3) is 7.47. The second-order valence-electron chi connectivity index (χ2n) is 15.8. The quantitative estimate of drug-likeness (QED) is 0.100. The van der Waals surface area contributed by atoms with Crippen LogP contribution >= 0.6 is 11.6 Å². The zero-order chi connectivity index (χ0) is 40.7. The number of aryl methyl sites for hydroxylation is 1. The minimum absolute atomic E-state index is 0.0231. The number of hydrogen-bond donors (Lipinski definition) is 1. The summed E-state index contributed by atoms with van der Waals surface area (Å²) in [6.07, 6.45) is -2.00. The summed E-state index contributed by atoms with van der Waals surface area (Å²) in [7, 11) is 1.69. The summed E-state index contributed by atoms with van der Waals surface area (Å²) in [4.78, 5) is 31.8. The standard InChI is InChI=1S/C42H36ClF6N5O3/c1-41(2,57)11-10-25-6-7-27(28-8-9-31(43)35-32(51-53(3)38(28)35)18-33(56)21-4-5-21)36(50-25)22(12-20-13-23(44)16-24(45)14-20)15-26(55)19-54-39-34(37(52-54)40(46)47)29-17-30(29)42(39,48)49/h6-9,13-14,16,21-22,29-30,40,57H,4-5,12,15,17-19H2,1-3H3/t22-,29+,30-/m1/s1. The summed E-state index contributed by atoms with van der Waals surface area (Å²) in [5.74, 6) is -3.20. The van der Waals surface area contributed by atoms with Gasteiger partial charge in [0.25, 0.3) is 12.3 Å². The van der Waals surface area contributed by atoms with Gasteiger partial charge in [0.15, 0.2) is 5.78 Å². The Morgan fingerprint density at radius 1 is 1.04 bits per heavy atom. The highest BCUT2D eigenvalue weighted by Gasteiger charge is 2.67. The van der Waals surface area contributed by atoms with Crippen molar-refractivity contribution in [1.29, 1.82) is 0 Å². The molecule has 0 spiro atoms. The number of aliphatic hydroxyl groups is 1. The number of halogens is 7. The molecule has 3 aliphatic carbocycles. The van der Waals surface area contributed by atoms with E-state index >= 15 is 8.78 Å². The SMILES string of the molecule is Cn1nc(CC(=O)C2CC2)c2c(Cl)ccc(-c3ccc(C#CC(C)(C)O)nc3[C@@H](CC(=O)Cn3nc(C(F)F)c4c3C(F)(F)[C@@H]3C[C@H]43)Cc3cc(F)cc(F)c3)c21. The summed E-state index contributed by atoms with van der Waals surface area (Å²) in [6, 6.07) is 9.54. The molecule has 2 fully saturated rings. The van der Waals surface area contributed by atoms with Gasteiger partial charge >= 0.3 is 0 Å². The third-order valence-corrected chi connectivity index (χ3v) is 11.2. The Balaban J connectivity index is 1.26. The van der Waals surface area contributed by atoms with Gasteiger partial charge in [-0.15, -0.1) is 0 Å². The Kier molecular flexibility index (Phi) is 9.63. The van der Waals surface area contributed by atoms with E-state index in [1.54, 1.807) is 36.0 Å². The topological polar surface area (TPSA) is 103 Å². The number of alkyl halides is 4. The van der Waals surface area contributed by atoms with Gasteiger partial charge in [-0.2, -0.15) is 19.0 Å². The van der Waals surface area contributed by atoms with Gasteiger partial charge in [0, 0.05) is 59.4 Å². The monoisotopic (exact) mass is 807 g/mol. The first-order valence-corrected chi connectivity index (χ1v) is 18.9. The maximum atomic E-state index is 15.4. The van der Waals surface area contributed by atoms with E-state index in [0.717, 1.165) is 25.0 Å². The molecule has 3 atom stereocenters. The van der Waals surface area contributed by atoms with E-state index in [1.807, 2.05) is 0 Å². The molecule has 3 aliphatic rings. The van der Waals surface area contributed by atoms with Crippen LogP contribution in [-0.2, 0) is 41.9 Å². The predicted octanol–water partition coefficient (Wildman–Crippen LogP) is 8.54. The van der Waals surface area contributed by atoms with Crippen molar-refractivity contribution in [2.24, 2.45) is 18.9 Å². The molecule has 15 heteroatoms. The molecule has 0 bridgehead atoms. The summed E-state index contributed by atoms with van der Waals surface area (Å²) in [6.45, 7) is 2.19. The number of benzene rings is 2. The minimum atomic E-state index is -3.45. The first kappa shape index (κ1) is 38.9. The molecule has 3 heterocycles. The van der Waals surface area contributed by atoms with E-state index in [9.17, 15) is 32.3 Å². The normalized spacial score (nSPS) is 18.7. The number of carbonyl (C=O) groups excluding carboxylic acids is 2. The average molecular weight is 808 g/mol. The van der Waals surface area contributed by atoms with Crippen molar-refractivity contribution >= 4 is 34.1 Å². The van der Waals surface area contributed by atoms with Crippen LogP contribution in [-0.4, -0.2) is 46.8 Å². The van der Waals surface area contributed by atoms with Crippen LogP contribution in [0.1, 0.15) is 97.4 Å². The second-order valence-corrected chi connectivity index (χ2v) is 16.3. The largest absolute Gasteiger partial charge is 0.378 e. The molecule has 3 aromatic heterocycles. The van der Waals surface area contributed by atoms with Crippen LogP contribution in [0.25, 0.3) is 22.0 Å². The van der Waals surface area contributed by atoms with Crippen molar-refractivity contribution in [1.82, 2.24) is 24.5 Å². The Hall–Kier alpha value is -5.00. The lowest BCUT2D eigenvalue weighted by Gasteiger charge is -2.22. The van der Waals surface area contributed by atoms with Crippen molar-refractivity contribution in [2.45, 2.75) is 88.7 Å². The Labute approximate surface area is 328 Å². The van der Waals surface area contributed by atoms with Gasteiger partial charge in [-0.25, -0.2) is 22.5 Å². The number of nitrogens with zero attached hydrogens (tertiary/aromatic N) is 5. The summed E-state index contributed by atoms with van der Waals surface area (Å²) >= 11 is 6.75. The van der Waals surface area contributed by atoms with Gasteiger partial charge in [-0.1, -0.05) is 23.6 Å². The molecule has 8 rings (SSSR count). The average Bonchev–Trinajstić information content (AvgIpc) is 4.04. The van der Waals surface area contributed by atoms with E-state index in [2.05, 4.69) is 22.0 Å². The number of fused-ring (bicyclic) bond motifs is 4. The van der Waals surface area contributed by atoms with Crippen LogP contribution in [0.15, 0.2) is 42.5 Å². The number of carbonyl (C=O) groups is 2. The fourth-order valence-electron chi connectivity index (χ4n) is 8.18. The van der Waals surface area contributed by atoms with Crippen molar-refractivity contribution in [3.63, 3.8) is 0 Å². The lowest BCUT2D eigenvalue weighted by molar-refractivity contribution is -0.121. The minimum Gasteiger partial charge on any atom is -0.378 e. The van der Waals surface area contributed by atoms with Crippen LogP contribution < -0.4 is 0 Å².